The minimum Gasteiger partial charge on any atom is -0.409 e. The van der Waals surface area contributed by atoms with Crippen molar-refractivity contribution < 1.29 is 10.4 Å². The molecule has 0 unspecified atom stereocenters. The zero-order valence-electron chi connectivity index (χ0n) is 6.73. The monoisotopic (exact) mass is 182 g/mol. The Kier molecular flexibility index (Phi) is 2.56. The van der Waals surface area contributed by atoms with E-state index in [0.29, 0.717) is 16.9 Å². The van der Waals surface area contributed by atoms with Crippen molar-refractivity contribution in [2.75, 3.05) is 11.2 Å². The van der Waals surface area contributed by atoms with Gasteiger partial charge in [-0.1, -0.05) is 5.16 Å². The Bertz CT molecular complexity index is 337. The Labute approximate surface area is 74.4 Å². The van der Waals surface area contributed by atoms with Gasteiger partial charge in [-0.05, 0) is 18.2 Å². The van der Waals surface area contributed by atoms with Crippen molar-refractivity contribution in [3.8, 4) is 0 Å². The molecular weight excluding hydrogens is 172 g/mol. The fraction of sp³-hybridized carbons (Fsp3) is 0. The van der Waals surface area contributed by atoms with E-state index in [-0.39, 0.29) is 5.84 Å². The molecule has 0 aromatic heterocycles. The second-order valence-electron chi connectivity index (χ2n) is 2.40. The maximum atomic E-state index is 8.56. The zero-order valence-corrected chi connectivity index (χ0v) is 6.73. The van der Waals surface area contributed by atoms with Crippen LogP contribution in [0.2, 0.25) is 0 Å². The van der Waals surface area contributed by atoms with Crippen LogP contribution in [-0.4, -0.2) is 16.3 Å². The minimum atomic E-state index is -0.0313. The Morgan fingerprint density at radius 3 is 2.62 bits per heavy atom. The Hall–Kier alpha value is -1.95. The molecule has 1 aromatic rings. The van der Waals surface area contributed by atoms with Gasteiger partial charge in [0.25, 0.3) is 0 Å². The van der Waals surface area contributed by atoms with E-state index in [1.807, 2.05) is 5.48 Å². The molecule has 0 radical (unpaired) electrons. The number of amidine groups is 1. The van der Waals surface area contributed by atoms with Gasteiger partial charge in [-0.25, -0.2) is 0 Å². The van der Waals surface area contributed by atoms with E-state index in [9.17, 15) is 0 Å². The lowest BCUT2D eigenvalue weighted by atomic mass is 10.1. The summed E-state index contributed by atoms with van der Waals surface area (Å²) in [4.78, 5) is 0. The summed E-state index contributed by atoms with van der Waals surface area (Å²) in [5.41, 5.74) is 13.9. The molecule has 70 valence electrons. The van der Waals surface area contributed by atoms with E-state index < -0.39 is 0 Å². The van der Waals surface area contributed by atoms with Crippen LogP contribution in [0.3, 0.4) is 0 Å². The van der Waals surface area contributed by atoms with Crippen LogP contribution in [0.15, 0.2) is 23.4 Å². The zero-order chi connectivity index (χ0) is 9.84. The molecule has 0 aliphatic rings. The molecule has 0 aliphatic heterocycles. The van der Waals surface area contributed by atoms with Crippen molar-refractivity contribution in [2.45, 2.75) is 0 Å². The first-order valence-electron chi connectivity index (χ1n) is 3.46. The first-order chi connectivity index (χ1) is 6.19. The summed E-state index contributed by atoms with van der Waals surface area (Å²) in [6.45, 7) is 0. The summed E-state index contributed by atoms with van der Waals surface area (Å²) in [6, 6.07) is 4.56. The molecule has 0 saturated heterocycles. The molecule has 0 bridgehead atoms. The van der Waals surface area contributed by atoms with E-state index in [1.165, 1.54) is 12.1 Å². The molecule has 1 aromatic carbocycles. The topological polar surface area (TPSA) is 117 Å². The lowest BCUT2D eigenvalue weighted by molar-refractivity contribution is 0.318. The first kappa shape index (κ1) is 9.14. The van der Waals surface area contributed by atoms with Crippen molar-refractivity contribution in [3.05, 3.63) is 23.8 Å². The van der Waals surface area contributed by atoms with Crippen molar-refractivity contribution in [1.82, 2.24) is 0 Å². The fourth-order valence-electron chi connectivity index (χ4n) is 0.882. The van der Waals surface area contributed by atoms with Gasteiger partial charge in [0.05, 0.1) is 11.4 Å². The number of oxime groups is 1. The number of nitrogens with one attached hydrogen (secondary N) is 1. The summed E-state index contributed by atoms with van der Waals surface area (Å²) in [7, 11) is 0. The van der Waals surface area contributed by atoms with Gasteiger partial charge < -0.3 is 16.7 Å². The van der Waals surface area contributed by atoms with Crippen molar-refractivity contribution >= 4 is 17.2 Å². The second-order valence-corrected chi connectivity index (χ2v) is 2.40. The van der Waals surface area contributed by atoms with E-state index in [0.717, 1.165) is 0 Å². The number of rotatable bonds is 2. The minimum absolute atomic E-state index is 0.0313. The predicted octanol–water partition coefficient (Wildman–Crippen LogP) is 0.164. The van der Waals surface area contributed by atoms with Crippen LogP contribution in [-0.2, 0) is 0 Å². The van der Waals surface area contributed by atoms with Crippen LogP contribution in [0.1, 0.15) is 5.56 Å². The quantitative estimate of drug-likeness (QED) is 0.147. The summed E-state index contributed by atoms with van der Waals surface area (Å²) >= 11 is 0. The molecule has 0 fully saturated rings. The number of nitrogens with two attached hydrogens (primary N) is 2. The third-order valence-corrected chi connectivity index (χ3v) is 1.58. The Morgan fingerprint density at radius 1 is 1.46 bits per heavy atom. The van der Waals surface area contributed by atoms with Crippen molar-refractivity contribution in [3.63, 3.8) is 0 Å². The molecule has 6 heteroatoms. The molecule has 0 saturated carbocycles. The number of hydrogen-bond acceptors (Lipinski definition) is 5. The predicted molar refractivity (Wildman–Crippen MR) is 48.8 cm³/mol. The average molecular weight is 182 g/mol. The highest BCUT2D eigenvalue weighted by atomic mass is 16.5. The SMILES string of the molecule is N/C(=N\O)c1ccc(NO)c(N)c1. The smallest absolute Gasteiger partial charge is 0.170 e. The molecule has 6 nitrogen and oxygen atoms in total. The molecule has 13 heavy (non-hydrogen) atoms. The highest BCUT2D eigenvalue weighted by Crippen LogP contribution is 2.18. The number of nitrogen functional groups attached to an aromatic ring is 1. The fourth-order valence-corrected chi connectivity index (χ4v) is 0.882. The number of benzene rings is 1. The molecule has 0 atom stereocenters. The number of hydrogen-bond donors (Lipinski definition) is 5. The summed E-state index contributed by atoms with van der Waals surface area (Å²) in [6.07, 6.45) is 0. The van der Waals surface area contributed by atoms with E-state index in [2.05, 4.69) is 5.16 Å². The van der Waals surface area contributed by atoms with Gasteiger partial charge in [0.2, 0.25) is 0 Å². The Morgan fingerprint density at radius 2 is 2.15 bits per heavy atom. The van der Waals surface area contributed by atoms with Crippen molar-refractivity contribution in [2.24, 2.45) is 10.9 Å². The maximum absolute atomic E-state index is 8.56. The number of anilines is 2. The molecule has 0 amide bonds. The highest BCUT2D eigenvalue weighted by Gasteiger charge is 2.02. The molecule has 1 rings (SSSR count). The van der Waals surface area contributed by atoms with Gasteiger partial charge in [-0.3, -0.25) is 10.7 Å². The van der Waals surface area contributed by atoms with Gasteiger partial charge in [-0.15, -0.1) is 0 Å². The van der Waals surface area contributed by atoms with Gasteiger partial charge in [0, 0.05) is 5.56 Å². The summed E-state index contributed by atoms with van der Waals surface area (Å²) < 4.78 is 0. The van der Waals surface area contributed by atoms with Crippen molar-refractivity contribution in [1.29, 1.82) is 0 Å². The average Bonchev–Trinajstić information content (AvgIpc) is 2.16. The summed E-state index contributed by atoms with van der Waals surface area (Å²) in [5, 5.41) is 19.7. The second kappa shape index (κ2) is 3.63. The van der Waals surface area contributed by atoms with Crippen LogP contribution in [0.5, 0.6) is 0 Å². The maximum Gasteiger partial charge on any atom is 0.170 e. The molecule has 0 aliphatic carbocycles. The Balaban J connectivity index is 3.10. The van der Waals surface area contributed by atoms with Gasteiger partial charge in [0.1, 0.15) is 0 Å². The third-order valence-electron chi connectivity index (χ3n) is 1.58. The van der Waals surface area contributed by atoms with Crippen LogP contribution in [0.4, 0.5) is 11.4 Å². The van der Waals surface area contributed by atoms with Crippen LogP contribution >= 0.6 is 0 Å². The first-order valence-corrected chi connectivity index (χ1v) is 3.46. The molecule has 0 spiro atoms. The standard InChI is InChI=1S/C7H10N4O2/c8-5-3-4(7(9)11-13)1-2-6(5)10-12/h1-3,10,12-13H,8H2,(H2,9,11). The lowest BCUT2D eigenvalue weighted by Gasteiger charge is -2.05. The third kappa shape index (κ3) is 1.79. The van der Waals surface area contributed by atoms with E-state index in [4.69, 9.17) is 21.9 Å². The van der Waals surface area contributed by atoms with Crippen LogP contribution < -0.4 is 16.9 Å². The van der Waals surface area contributed by atoms with Gasteiger partial charge in [-0.2, -0.15) is 0 Å². The largest absolute Gasteiger partial charge is 0.409 e. The molecular formula is C7H10N4O2. The van der Waals surface area contributed by atoms with E-state index >= 15 is 0 Å². The van der Waals surface area contributed by atoms with E-state index in [1.54, 1.807) is 6.07 Å². The summed E-state index contributed by atoms with van der Waals surface area (Å²) in [5.74, 6) is -0.0313. The van der Waals surface area contributed by atoms with Gasteiger partial charge >= 0.3 is 0 Å². The molecule has 7 N–H and O–H groups in total. The van der Waals surface area contributed by atoms with Gasteiger partial charge in [0.15, 0.2) is 5.84 Å². The highest BCUT2D eigenvalue weighted by molar-refractivity contribution is 5.98. The van der Waals surface area contributed by atoms with Crippen LogP contribution in [0, 0.1) is 0 Å². The number of nitrogens with zero attached hydrogens (tertiary/aromatic N) is 1. The normalized spacial score (nSPS) is 11.3. The lowest BCUT2D eigenvalue weighted by Crippen LogP contribution is -2.13. The molecule has 0 heterocycles. The van der Waals surface area contributed by atoms with Crippen LogP contribution in [0.25, 0.3) is 0 Å².